The first-order valence-electron chi connectivity index (χ1n) is 11.3. The lowest BCUT2D eigenvalue weighted by molar-refractivity contribution is -0.112. The highest BCUT2D eigenvalue weighted by molar-refractivity contribution is 6.09. The van der Waals surface area contributed by atoms with Crippen molar-refractivity contribution in [1.82, 2.24) is 0 Å². The van der Waals surface area contributed by atoms with Crippen molar-refractivity contribution in [3.8, 4) is 11.8 Å². The number of amides is 1. The van der Waals surface area contributed by atoms with Crippen LogP contribution in [-0.2, 0) is 17.8 Å². The third-order valence-electron chi connectivity index (χ3n) is 5.83. The second-order valence-electron chi connectivity index (χ2n) is 8.11. The molecule has 0 radical (unpaired) electrons. The number of ether oxygens (including phenoxy) is 1. The van der Waals surface area contributed by atoms with Crippen molar-refractivity contribution in [3.63, 3.8) is 0 Å². The molecule has 1 N–H and O–H groups in total. The molecule has 0 unspecified atom stereocenters. The number of fused-ring (bicyclic) bond motifs is 1. The summed E-state index contributed by atoms with van der Waals surface area (Å²) in [6, 6.07) is 29.5. The minimum absolute atomic E-state index is 0.0413. The van der Waals surface area contributed by atoms with Gasteiger partial charge in [-0.1, -0.05) is 67.6 Å². The van der Waals surface area contributed by atoms with Crippen LogP contribution in [0.5, 0.6) is 5.75 Å². The number of nitrogens with zero attached hydrogens (tertiary/aromatic N) is 1. The van der Waals surface area contributed by atoms with E-state index in [-0.39, 0.29) is 5.57 Å². The number of anilines is 1. The van der Waals surface area contributed by atoms with Gasteiger partial charge in [-0.2, -0.15) is 5.26 Å². The fraction of sp³-hybridized carbons (Fsp3) is 0.133. The van der Waals surface area contributed by atoms with Gasteiger partial charge in [-0.05, 0) is 71.1 Å². The first-order valence-corrected chi connectivity index (χ1v) is 11.3. The lowest BCUT2D eigenvalue weighted by Gasteiger charge is -2.12. The Hall–Kier alpha value is -4.36. The fourth-order valence-electron chi connectivity index (χ4n) is 3.79. The van der Waals surface area contributed by atoms with E-state index in [1.165, 1.54) is 21.9 Å². The third kappa shape index (κ3) is 5.33. The smallest absolute Gasteiger partial charge is 0.266 e. The number of carbonyl (C=O) groups is 1. The molecule has 0 heterocycles. The van der Waals surface area contributed by atoms with Crippen LogP contribution in [0.3, 0.4) is 0 Å². The maximum absolute atomic E-state index is 12.5. The van der Waals surface area contributed by atoms with Gasteiger partial charge in [0.05, 0.1) is 0 Å². The van der Waals surface area contributed by atoms with Crippen LogP contribution in [0.2, 0.25) is 0 Å². The Kier molecular flexibility index (Phi) is 7.05. The third-order valence-corrected chi connectivity index (χ3v) is 5.83. The van der Waals surface area contributed by atoms with Crippen LogP contribution in [0.15, 0.2) is 90.5 Å². The van der Waals surface area contributed by atoms with E-state index in [0.29, 0.717) is 12.3 Å². The molecule has 4 aromatic carbocycles. The molecule has 4 rings (SSSR count). The summed E-state index contributed by atoms with van der Waals surface area (Å²) in [6.45, 7) is 4.63. The number of carbonyl (C=O) groups excluding carboxylic acids is 1. The van der Waals surface area contributed by atoms with Crippen molar-refractivity contribution in [3.05, 3.63) is 113 Å². The van der Waals surface area contributed by atoms with E-state index >= 15 is 0 Å². The normalized spacial score (nSPS) is 11.1. The van der Waals surface area contributed by atoms with Gasteiger partial charge >= 0.3 is 0 Å². The molecule has 34 heavy (non-hydrogen) atoms. The highest BCUT2D eigenvalue weighted by Crippen LogP contribution is 2.24. The van der Waals surface area contributed by atoms with Crippen LogP contribution in [0.4, 0.5) is 5.69 Å². The molecule has 168 valence electrons. The van der Waals surface area contributed by atoms with Gasteiger partial charge in [-0.15, -0.1) is 0 Å². The van der Waals surface area contributed by atoms with E-state index in [9.17, 15) is 10.1 Å². The molecule has 1 amide bonds. The number of nitrogens with one attached hydrogen (secondary N) is 1. The molecule has 0 aliphatic carbocycles. The molecular weight excluding hydrogens is 420 g/mol. The average Bonchev–Trinajstić information content (AvgIpc) is 2.87. The highest BCUT2D eigenvalue weighted by atomic mass is 16.5. The Morgan fingerprint density at radius 1 is 0.971 bits per heavy atom. The molecular formula is C30H26N2O2. The number of hydrogen-bond acceptors (Lipinski definition) is 3. The number of hydrogen-bond donors (Lipinski definition) is 1. The van der Waals surface area contributed by atoms with Crippen molar-refractivity contribution >= 4 is 28.4 Å². The van der Waals surface area contributed by atoms with Crippen LogP contribution < -0.4 is 10.1 Å². The average molecular weight is 447 g/mol. The van der Waals surface area contributed by atoms with Crippen molar-refractivity contribution in [2.45, 2.75) is 26.9 Å². The minimum atomic E-state index is -0.432. The predicted octanol–water partition coefficient (Wildman–Crippen LogP) is 6.84. The zero-order valence-electron chi connectivity index (χ0n) is 19.3. The summed E-state index contributed by atoms with van der Waals surface area (Å²) in [4.78, 5) is 12.5. The summed E-state index contributed by atoms with van der Waals surface area (Å²) in [7, 11) is 0. The van der Waals surface area contributed by atoms with Crippen molar-refractivity contribution in [2.75, 3.05) is 5.32 Å². The molecule has 0 aromatic heterocycles. The highest BCUT2D eigenvalue weighted by Gasteiger charge is 2.10. The molecule has 4 heteroatoms. The largest absolute Gasteiger partial charge is 0.489 e. The van der Waals surface area contributed by atoms with Gasteiger partial charge < -0.3 is 10.1 Å². The lowest BCUT2D eigenvalue weighted by atomic mass is 10.0. The van der Waals surface area contributed by atoms with Crippen molar-refractivity contribution in [2.24, 2.45) is 0 Å². The van der Waals surface area contributed by atoms with E-state index in [4.69, 9.17) is 4.74 Å². The topological polar surface area (TPSA) is 62.1 Å². The summed E-state index contributed by atoms with van der Waals surface area (Å²) in [6.07, 6.45) is 2.51. The predicted molar refractivity (Wildman–Crippen MR) is 137 cm³/mol. The van der Waals surface area contributed by atoms with E-state index in [1.54, 1.807) is 6.08 Å². The maximum Gasteiger partial charge on any atom is 0.266 e. The first kappa shape index (κ1) is 22.8. The Bertz CT molecular complexity index is 1380. The van der Waals surface area contributed by atoms with Crippen molar-refractivity contribution < 1.29 is 9.53 Å². The summed E-state index contributed by atoms with van der Waals surface area (Å²) < 4.78 is 6.05. The van der Waals surface area contributed by atoms with Crippen LogP contribution >= 0.6 is 0 Å². The first-order chi connectivity index (χ1) is 16.6. The second kappa shape index (κ2) is 10.5. The van der Waals surface area contributed by atoms with E-state index in [0.717, 1.165) is 23.3 Å². The monoisotopic (exact) mass is 446 g/mol. The van der Waals surface area contributed by atoms with Gasteiger partial charge in [0.15, 0.2) is 0 Å². The maximum atomic E-state index is 12.5. The Morgan fingerprint density at radius 2 is 1.71 bits per heavy atom. The summed E-state index contributed by atoms with van der Waals surface area (Å²) in [5.41, 5.74) is 4.99. The lowest BCUT2D eigenvalue weighted by Crippen LogP contribution is -2.13. The molecule has 4 aromatic rings. The van der Waals surface area contributed by atoms with E-state index in [1.807, 2.05) is 66.7 Å². The zero-order valence-corrected chi connectivity index (χ0v) is 19.3. The molecule has 0 saturated carbocycles. The van der Waals surface area contributed by atoms with Crippen LogP contribution in [0, 0.1) is 18.3 Å². The van der Waals surface area contributed by atoms with E-state index < -0.39 is 5.91 Å². The van der Waals surface area contributed by atoms with Crippen LogP contribution in [0.25, 0.3) is 16.8 Å². The minimum Gasteiger partial charge on any atom is -0.489 e. The number of benzene rings is 4. The fourth-order valence-corrected chi connectivity index (χ4v) is 3.79. The SMILES string of the molecule is CCc1ccc(NC(=O)/C(C#N)=C/c2ccc(OCc3c(C)ccc4ccccc34)cc2)cc1. The Labute approximate surface area is 200 Å². The molecule has 0 fully saturated rings. The van der Waals surface area contributed by atoms with E-state index in [2.05, 4.69) is 43.4 Å². The van der Waals surface area contributed by atoms with Gasteiger partial charge in [0.2, 0.25) is 0 Å². The number of aryl methyl sites for hydroxylation is 2. The quantitative estimate of drug-likeness (QED) is 0.250. The van der Waals surface area contributed by atoms with Gasteiger partial charge in [0.25, 0.3) is 5.91 Å². The standard InChI is InChI=1S/C30H26N2O2/c1-3-22-9-14-26(15-10-22)32-30(33)25(19-31)18-23-11-16-27(17-12-23)34-20-29-21(2)8-13-24-6-4-5-7-28(24)29/h4-18H,3,20H2,1-2H3,(H,32,33)/b25-18+. The van der Waals surface area contributed by atoms with Crippen LogP contribution in [0.1, 0.15) is 29.2 Å². The summed E-state index contributed by atoms with van der Waals surface area (Å²) in [5, 5.41) is 14.7. The second-order valence-corrected chi connectivity index (χ2v) is 8.11. The van der Waals surface area contributed by atoms with Gasteiger partial charge in [0.1, 0.15) is 24.0 Å². The molecule has 0 spiro atoms. The van der Waals surface area contributed by atoms with Gasteiger partial charge in [-0.3, -0.25) is 4.79 Å². The van der Waals surface area contributed by atoms with Gasteiger partial charge in [-0.25, -0.2) is 0 Å². The zero-order chi connectivity index (χ0) is 23.9. The summed E-state index contributed by atoms with van der Waals surface area (Å²) in [5.74, 6) is 0.293. The van der Waals surface area contributed by atoms with Crippen molar-refractivity contribution in [1.29, 1.82) is 5.26 Å². The van der Waals surface area contributed by atoms with Gasteiger partial charge in [0, 0.05) is 11.3 Å². The molecule has 0 saturated heterocycles. The Balaban J connectivity index is 1.44. The van der Waals surface area contributed by atoms with Crippen LogP contribution in [-0.4, -0.2) is 5.91 Å². The number of nitriles is 1. The molecule has 0 aliphatic heterocycles. The summed E-state index contributed by atoms with van der Waals surface area (Å²) >= 11 is 0. The molecule has 4 nitrogen and oxygen atoms in total. The molecule has 0 bridgehead atoms. The number of rotatable bonds is 7. The molecule has 0 atom stereocenters. The Morgan fingerprint density at radius 3 is 2.41 bits per heavy atom. The molecule has 0 aliphatic rings.